The van der Waals surface area contributed by atoms with Gasteiger partial charge in [0.2, 0.25) is 0 Å². The van der Waals surface area contributed by atoms with Gasteiger partial charge in [0.05, 0.1) is 13.2 Å². The van der Waals surface area contributed by atoms with Crippen LogP contribution in [-0.2, 0) is 4.74 Å². The number of benzene rings is 1. The van der Waals surface area contributed by atoms with E-state index >= 15 is 0 Å². The number of carbonyl (C=O) groups is 1. The molecule has 0 fully saturated rings. The lowest BCUT2D eigenvalue weighted by molar-refractivity contribution is 0.0489. The van der Waals surface area contributed by atoms with E-state index < -0.39 is 17.8 Å². The van der Waals surface area contributed by atoms with E-state index in [4.69, 9.17) is 14.2 Å². The highest BCUT2D eigenvalue weighted by molar-refractivity contribution is 5.67. The Morgan fingerprint density at radius 3 is 2.52 bits per heavy atom. The summed E-state index contributed by atoms with van der Waals surface area (Å²) in [6.07, 6.45) is 1.87. The summed E-state index contributed by atoms with van der Waals surface area (Å²) in [6, 6.07) is 10.8. The van der Waals surface area contributed by atoms with Crippen LogP contribution in [0.3, 0.4) is 0 Å². The van der Waals surface area contributed by atoms with Gasteiger partial charge in [-0.05, 0) is 51.5 Å². The molecule has 2 rings (SSSR count). The van der Waals surface area contributed by atoms with Crippen LogP contribution in [0, 0.1) is 0 Å². The molecule has 0 bridgehead atoms. The van der Waals surface area contributed by atoms with Crippen molar-refractivity contribution in [3.05, 3.63) is 48.3 Å². The normalized spacial score (nSPS) is 12.2. The predicted octanol–water partition coefficient (Wildman–Crippen LogP) is 4.61. The summed E-state index contributed by atoms with van der Waals surface area (Å²) in [5, 5.41) is 13.1. The van der Waals surface area contributed by atoms with E-state index in [0.717, 1.165) is 12.8 Å². The van der Waals surface area contributed by atoms with Crippen molar-refractivity contribution < 1.29 is 24.1 Å². The van der Waals surface area contributed by atoms with Crippen molar-refractivity contribution in [2.24, 2.45) is 0 Å². The monoisotopic (exact) mass is 402 g/mol. The van der Waals surface area contributed by atoms with Crippen LogP contribution in [0.2, 0.25) is 0 Å². The van der Waals surface area contributed by atoms with Gasteiger partial charge in [0.25, 0.3) is 0 Å². The second-order valence-electron chi connectivity index (χ2n) is 7.54. The minimum Gasteiger partial charge on any atom is -0.490 e. The number of hydrogen-bond donors (Lipinski definition) is 2. The second-order valence-corrected chi connectivity index (χ2v) is 7.54. The first kappa shape index (κ1) is 22.5. The van der Waals surface area contributed by atoms with Crippen LogP contribution >= 0.6 is 0 Å². The Bertz CT molecular complexity index is 789. The van der Waals surface area contributed by atoms with E-state index in [1.54, 1.807) is 45.2 Å². The van der Waals surface area contributed by atoms with Crippen molar-refractivity contribution in [1.29, 1.82) is 0 Å². The number of carbonyl (C=O) groups excluding carboxylic acids is 1. The van der Waals surface area contributed by atoms with Crippen LogP contribution in [-0.4, -0.2) is 34.9 Å². The Kier molecular flexibility index (Phi) is 8.27. The summed E-state index contributed by atoms with van der Waals surface area (Å²) >= 11 is 0. The average molecular weight is 402 g/mol. The quantitative estimate of drug-likeness (QED) is 0.595. The molecule has 1 heterocycles. The second kappa shape index (κ2) is 10.7. The molecule has 158 valence electrons. The van der Waals surface area contributed by atoms with Gasteiger partial charge in [0, 0.05) is 6.20 Å². The molecule has 29 heavy (non-hydrogen) atoms. The van der Waals surface area contributed by atoms with Gasteiger partial charge in [-0.2, -0.15) is 0 Å². The molecule has 0 saturated heterocycles. The Morgan fingerprint density at radius 2 is 1.83 bits per heavy atom. The molecule has 2 aromatic rings. The molecular formula is C22H30N2O5. The first-order chi connectivity index (χ1) is 13.8. The number of hydrogen-bond acceptors (Lipinski definition) is 6. The lowest BCUT2D eigenvalue weighted by Crippen LogP contribution is -2.35. The molecule has 7 heteroatoms. The van der Waals surface area contributed by atoms with E-state index in [1.807, 2.05) is 18.2 Å². The number of ether oxygens (including phenoxy) is 3. The third-order valence-electron chi connectivity index (χ3n) is 3.78. The number of pyridine rings is 1. The number of nitrogens with zero attached hydrogens (tertiary/aromatic N) is 1. The van der Waals surface area contributed by atoms with E-state index in [0.29, 0.717) is 29.5 Å². The number of alkyl carbamates (subject to hydrolysis) is 1. The molecule has 1 aromatic heterocycles. The maximum Gasteiger partial charge on any atom is 0.407 e. The van der Waals surface area contributed by atoms with Gasteiger partial charge >= 0.3 is 6.09 Å². The smallest absolute Gasteiger partial charge is 0.407 e. The van der Waals surface area contributed by atoms with Crippen LogP contribution in [0.1, 0.15) is 52.3 Å². The lowest BCUT2D eigenvalue weighted by atomic mass is 10.2. The third-order valence-corrected chi connectivity index (χ3v) is 3.78. The molecule has 0 aliphatic carbocycles. The van der Waals surface area contributed by atoms with Crippen LogP contribution in [0.5, 0.6) is 17.2 Å². The summed E-state index contributed by atoms with van der Waals surface area (Å²) < 4.78 is 17.0. The Balaban J connectivity index is 2.08. The number of aromatic nitrogens is 1. The predicted molar refractivity (Wildman–Crippen MR) is 110 cm³/mol. The highest BCUT2D eigenvalue weighted by atomic mass is 16.6. The first-order valence-corrected chi connectivity index (χ1v) is 9.79. The molecule has 1 atom stereocenters. The zero-order chi connectivity index (χ0) is 21.3. The zero-order valence-corrected chi connectivity index (χ0v) is 17.5. The SMILES string of the molecule is CCCCOc1ccccc1Oc1cccnc1C(O)CNC(=O)OC(C)(C)C. The highest BCUT2D eigenvalue weighted by Crippen LogP contribution is 2.34. The van der Waals surface area contributed by atoms with Crippen molar-refractivity contribution >= 4 is 6.09 Å². The van der Waals surface area contributed by atoms with Crippen molar-refractivity contribution in [1.82, 2.24) is 10.3 Å². The fourth-order valence-electron chi connectivity index (χ4n) is 2.43. The minimum atomic E-state index is -1.06. The molecule has 1 amide bonds. The fraction of sp³-hybridized carbons (Fsp3) is 0.455. The molecule has 1 unspecified atom stereocenters. The van der Waals surface area contributed by atoms with Crippen molar-refractivity contribution in [3.8, 4) is 17.2 Å². The summed E-state index contributed by atoms with van der Waals surface area (Å²) in [4.78, 5) is 16.1. The maximum absolute atomic E-state index is 11.8. The molecule has 2 N–H and O–H groups in total. The number of rotatable bonds is 9. The number of unbranched alkanes of at least 4 members (excludes halogenated alkanes) is 1. The van der Waals surface area contributed by atoms with Crippen LogP contribution in [0.25, 0.3) is 0 Å². The Morgan fingerprint density at radius 1 is 1.14 bits per heavy atom. The van der Waals surface area contributed by atoms with Gasteiger partial charge in [0.15, 0.2) is 17.2 Å². The van der Waals surface area contributed by atoms with Gasteiger partial charge in [-0.3, -0.25) is 4.98 Å². The molecule has 7 nitrogen and oxygen atoms in total. The van der Waals surface area contributed by atoms with E-state index in [-0.39, 0.29) is 6.54 Å². The summed E-state index contributed by atoms with van der Waals surface area (Å²) in [7, 11) is 0. The molecule has 0 saturated carbocycles. The minimum absolute atomic E-state index is 0.0586. The standard InChI is InChI=1S/C22H30N2O5/c1-5-6-14-27-17-10-7-8-11-18(17)28-19-12-9-13-23-20(19)16(25)15-24-21(26)29-22(2,3)4/h7-13,16,25H,5-6,14-15H2,1-4H3,(H,24,26). The first-order valence-electron chi connectivity index (χ1n) is 9.79. The van der Waals surface area contributed by atoms with Gasteiger partial charge in [-0.15, -0.1) is 0 Å². The molecule has 0 aliphatic heterocycles. The van der Waals surface area contributed by atoms with E-state index in [2.05, 4.69) is 17.2 Å². The van der Waals surface area contributed by atoms with Crippen LogP contribution < -0.4 is 14.8 Å². The summed E-state index contributed by atoms with van der Waals surface area (Å²) in [6.45, 7) is 7.95. The van der Waals surface area contributed by atoms with Gasteiger partial charge < -0.3 is 24.6 Å². The van der Waals surface area contributed by atoms with Gasteiger partial charge in [0.1, 0.15) is 17.4 Å². The number of para-hydroxylation sites is 2. The third kappa shape index (κ3) is 7.62. The van der Waals surface area contributed by atoms with Crippen molar-refractivity contribution in [3.63, 3.8) is 0 Å². The number of amides is 1. The van der Waals surface area contributed by atoms with Crippen molar-refractivity contribution in [2.75, 3.05) is 13.2 Å². The maximum atomic E-state index is 11.8. The zero-order valence-electron chi connectivity index (χ0n) is 17.5. The van der Waals surface area contributed by atoms with Crippen molar-refractivity contribution in [2.45, 2.75) is 52.2 Å². The fourth-order valence-corrected chi connectivity index (χ4v) is 2.43. The Hall–Kier alpha value is -2.80. The lowest BCUT2D eigenvalue weighted by Gasteiger charge is -2.21. The number of nitrogens with one attached hydrogen (secondary N) is 1. The number of aliphatic hydroxyl groups is 1. The van der Waals surface area contributed by atoms with Gasteiger partial charge in [-0.25, -0.2) is 4.79 Å². The van der Waals surface area contributed by atoms with E-state index in [9.17, 15) is 9.90 Å². The molecular weight excluding hydrogens is 372 g/mol. The Labute approximate surface area is 172 Å². The molecule has 1 aromatic carbocycles. The topological polar surface area (TPSA) is 89.9 Å². The van der Waals surface area contributed by atoms with Gasteiger partial charge in [-0.1, -0.05) is 25.5 Å². The molecule has 0 aliphatic rings. The average Bonchev–Trinajstić information content (AvgIpc) is 2.67. The molecule has 0 radical (unpaired) electrons. The number of aliphatic hydroxyl groups excluding tert-OH is 1. The largest absolute Gasteiger partial charge is 0.490 e. The molecule has 0 spiro atoms. The highest BCUT2D eigenvalue weighted by Gasteiger charge is 2.20. The summed E-state index contributed by atoms with van der Waals surface area (Å²) in [5.74, 6) is 1.54. The van der Waals surface area contributed by atoms with E-state index in [1.165, 1.54) is 0 Å². The van der Waals surface area contributed by atoms with Crippen LogP contribution in [0.15, 0.2) is 42.6 Å². The van der Waals surface area contributed by atoms with Crippen LogP contribution in [0.4, 0.5) is 4.79 Å². The summed E-state index contributed by atoms with van der Waals surface area (Å²) in [5.41, 5.74) is -0.303.